The first kappa shape index (κ1) is 20.2. The van der Waals surface area contributed by atoms with E-state index in [0.29, 0.717) is 19.0 Å². The second-order valence-electron chi connectivity index (χ2n) is 5.53. The number of hydrogen-bond acceptors (Lipinski definition) is 3. The van der Waals surface area contributed by atoms with E-state index in [2.05, 4.69) is 5.32 Å². The maximum atomic E-state index is 12.3. The number of rotatable bonds is 8. The number of carboxylic acid groups (broad SMARTS) is 1. The molecule has 0 aromatic heterocycles. The van der Waals surface area contributed by atoms with Gasteiger partial charge in [-0.15, -0.1) is 12.4 Å². The van der Waals surface area contributed by atoms with Crippen LogP contribution in [0, 0.1) is 0 Å². The molecule has 1 unspecified atom stereocenters. The van der Waals surface area contributed by atoms with Gasteiger partial charge in [-0.05, 0) is 26.2 Å². The van der Waals surface area contributed by atoms with Gasteiger partial charge in [-0.25, -0.2) is 0 Å². The van der Waals surface area contributed by atoms with Gasteiger partial charge < -0.3 is 10.0 Å². The van der Waals surface area contributed by atoms with Gasteiger partial charge in [0.15, 0.2) is 0 Å². The first-order chi connectivity index (χ1) is 9.60. The number of halogens is 1. The van der Waals surface area contributed by atoms with E-state index in [0.717, 1.165) is 19.3 Å². The molecule has 0 bridgehead atoms. The normalized spacial score (nSPS) is 16.9. The molecule has 0 spiro atoms. The van der Waals surface area contributed by atoms with Crippen molar-refractivity contribution in [3.63, 3.8) is 0 Å². The van der Waals surface area contributed by atoms with Crippen LogP contribution >= 0.6 is 12.4 Å². The standard InChI is InChI=1S/C15H28N2O3.ClH/c1-3-8-13(15(19)20)16-11-14(18)17(4-2)12-9-6-5-7-10-12;/h12-13,16H,3-11H2,1-2H3,(H,19,20);1H. The molecule has 1 amide bonds. The third-order valence-electron chi connectivity index (χ3n) is 4.05. The van der Waals surface area contributed by atoms with Crippen molar-refractivity contribution in [2.45, 2.75) is 70.9 Å². The molecule has 21 heavy (non-hydrogen) atoms. The molecule has 1 atom stereocenters. The predicted molar refractivity (Wildman–Crippen MR) is 85.8 cm³/mol. The third-order valence-corrected chi connectivity index (χ3v) is 4.05. The van der Waals surface area contributed by atoms with Crippen molar-refractivity contribution < 1.29 is 14.7 Å². The minimum atomic E-state index is -0.875. The molecule has 0 heterocycles. The molecule has 0 radical (unpaired) electrons. The van der Waals surface area contributed by atoms with Crippen LogP contribution in [0.5, 0.6) is 0 Å². The van der Waals surface area contributed by atoms with Crippen LogP contribution in [0.1, 0.15) is 58.8 Å². The zero-order valence-electron chi connectivity index (χ0n) is 13.1. The fourth-order valence-electron chi connectivity index (χ4n) is 2.94. The summed E-state index contributed by atoms with van der Waals surface area (Å²) in [6.07, 6.45) is 7.15. The predicted octanol–water partition coefficient (Wildman–Crippen LogP) is 2.43. The summed E-state index contributed by atoms with van der Waals surface area (Å²) in [5.41, 5.74) is 0. The molecule has 6 heteroatoms. The minimum absolute atomic E-state index is 0. The molecule has 1 saturated carbocycles. The quantitative estimate of drug-likeness (QED) is 0.720. The summed E-state index contributed by atoms with van der Waals surface area (Å²) in [5.74, 6) is -0.845. The van der Waals surface area contributed by atoms with E-state index in [-0.39, 0.29) is 24.9 Å². The van der Waals surface area contributed by atoms with Gasteiger partial charge in [0.2, 0.25) is 5.91 Å². The molecule has 0 aromatic carbocycles. The maximum absolute atomic E-state index is 12.3. The summed E-state index contributed by atoms with van der Waals surface area (Å²) in [7, 11) is 0. The van der Waals surface area contributed by atoms with Gasteiger partial charge in [-0.3, -0.25) is 14.9 Å². The lowest BCUT2D eigenvalue weighted by molar-refractivity contribution is -0.140. The van der Waals surface area contributed by atoms with E-state index in [4.69, 9.17) is 5.11 Å². The van der Waals surface area contributed by atoms with Crippen molar-refractivity contribution in [2.24, 2.45) is 0 Å². The van der Waals surface area contributed by atoms with E-state index >= 15 is 0 Å². The van der Waals surface area contributed by atoms with Gasteiger partial charge in [0.25, 0.3) is 0 Å². The molecule has 1 fully saturated rings. The Morgan fingerprint density at radius 1 is 1.24 bits per heavy atom. The first-order valence-electron chi connectivity index (χ1n) is 7.85. The lowest BCUT2D eigenvalue weighted by Crippen LogP contribution is -2.48. The highest BCUT2D eigenvalue weighted by Crippen LogP contribution is 2.22. The average molecular weight is 321 g/mol. The Morgan fingerprint density at radius 2 is 1.86 bits per heavy atom. The summed E-state index contributed by atoms with van der Waals surface area (Å²) in [4.78, 5) is 25.2. The number of carbonyl (C=O) groups is 2. The molecule has 1 aliphatic carbocycles. The molecular formula is C15H29ClN2O3. The smallest absolute Gasteiger partial charge is 0.320 e. The van der Waals surface area contributed by atoms with Crippen molar-refractivity contribution >= 4 is 24.3 Å². The van der Waals surface area contributed by atoms with Gasteiger partial charge in [0.1, 0.15) is 6.04 Å². The van der Waals surface area contributed by atoms with E-state index < -0.39 is 12.0 Å². The Labute approximate surface area is 133 Å². The van der Waals surface area contributed by atoms with Crippen LogP contribution in [0.25, 0.3) is 0 Å². The van der Waals surface area contributed by atoms with Gasteiger partial charge >= 0.3 is 5.97 Å². The Bertz CT molecular complexity index is 320. The number of hydrogen-bond donors (Lipinski definition) is 2. The van der Waals surface area contributed by atoms with Crippen molar-refractivity contribution in [2.75, 3.05) is 13.1 Å². The lowest BCUT2D eigenvalue weighted by atomic mass is 9.94. The lowest BCUT2D eigenvalue weighted by Gasteiger charge is -2.34. The number of amides is 1. The molecule has 1 rings (SSSR count). The molecule has 0 saturated heterocycles. The average Bonchev–Trinajstić information content (AvgIpc) is 2.45. The summed E-state index contributed by atoms with van der Waals surface area (Å²) < 4.78 is 0. The molecule has 0 aromatic rings. The molecule has 2 N–H and O–H groups in total. The van der Waals surface area contributed by atoms with E-state index in [1.807, 2.05) is 18.7 Å². The highest BCUT2D eigenvalue weighted by Gasteiger charge is 2.25. The third kappa shape index (κ3) is 6.66. The second-order valence-corrected chi connectivity index (χ2v) is 5.53. The summed E-state index contributed by atoms with van der Waals surface area (Å²) in [6.45, 7) is 4.77. The highest BCUT2D eigenvalue weighted by molar-refractivity contribution is 5.85. The maximum Gasteiger partial charge on any atom is 0.320 e. The topological polar surface area (TPSA) is 69.6 Å². The van der Waals surface area contributed by atoms with Crippen LogP contribution in [-0.4, -0.2) is 47.1 Å². The van der Waals surface area contributed by atoms with Crippen LogP contribution in [-0.2, 0) is 9.59 Å². The monoisotopic (exact) mass is 320 g/mol. The molecule has 1 aliphatic rings. The van der Waals surface area contributed by atoms with E-state index in [1.165, 1.54) is 19.3 Å². The fourth-order valence-corrected chi connectivity index (χ4v) is 2.94. The number of likely N-dealkylation sites (N-methyl/N-ethyl adjacent to an activating group) is 1. The van der Waals surface area contributed by atoms with Crippen LogP contribution in [0.3, 0.4) is 0 Å². The largest absolute Gasteiger partial charge is 0.480 e. The second kappa shape index (κ2) is 10.9. The molecule has 5 nitrogen and oxygen atoms in total. The molecule has 0 aliphatic heterocycles. The van der Waals surface area contributed by atoms with Gasteiger partial charge in [0, 0.05) is 12.6 Å². The fraction of sp³-hybridized carbons (Fsp3) is 0.867. The number of carboxylic acids is 1. The van der Waals surface area contributed by atoms with Crippen LogP contribution in [0.4, 0.5) is 0 Å². The Kier molecular flexibility index (Phi) is 10.4. The van der Waals surface area contributed by atoms with Crippen LogP contribution < -0.4 is 5.32 Å². The summed E-state index contributed by atoms with van der Waals surface area (Å²) >= 11 is 0. The van der Waals surface area contributed by atoms with Crippen molar-refractivity contribution in [3.8, 4) is 0 Å². The zero-order valence-corrected chi connectivity index (χ0v) is 14.0. The van der Waals surface area contributed by atoms with Gasteiger partial charge in [-0.1, -0.05) is 32.6 Å². The number of carbonyl (C=O) groups excluding carboxylic acids is 1. The Hall–Kier alpha value is -0.810. The Balaban J connectivity index is 0.00000400. The van der Waals surface area contributed by atoms with Gasteiger partial charge in [-0.2, -0.15) is 0 Å². The number of aliphatic carboxylic acids is 1. The van der Waals surface area contributed by atoms with Gasteiger partial charge in [0.05, 0.1) is 6.54 Å². The Morgan fingerprint density at radius 3 is 2.33 bits per heavy atom. The van der Waals surface area contributed by atoms with E-state index in [9.17, 15) is 9.59 Å². The van der Waals surface area contributed by atoms with Crippen molar-refractivity contribution in [1.29, 1.82) is 0 Å². The molecular weight excluding hydrogens is 292 g/mol. The number of nitrogens with one attached hydrogen (secondary N) is 1. The summed E-state index contributed by atoms with van der Waals surface area (Å²) in [5, 5.41) is 12.0. The first-order valence-corrected chi connectivity index (χ1v) is 7.85. The SMILES string of the molecule is CCCC(NCC(=O)N(CC)C1CCCCC1)C(=O)O.Cl. The minimum Gasteiger partial charge on any atom is -0.480 e. The van der Waals surface area contributed by atoms with E-state index in [1.54, 1.807) is 0 Å². The zero-order chi connectivity index (χ0) is 15.0. The summed E-state index contributed by atoms with van der Waals surface area (Å²) in [6, 6.07) is -0.272. The number of nitrogens with zero attached hydrogens (tertiary/aromatic N) is 1. The molecule has 124 valence electrons. The highest BCUT2D eigenvalue weighted by atomic mass is 35.5. The van der Waals surface area contributed by atoms with Crippen LogP contribution in [0.2, 0.25) is 0 Å². The van der Waals surface area contributed by atoms with Crippen molar-refractivity contribution in [1.82, 2.24) is 10.2 Å². The van der Waals surface area contributed by atoms with Crippen molar-refractivity contribution in [3.05, 3.63) is 0 Å². The van der Waals surface area contributed by atoms with Crippen LogP contribution in [0.15, 0.2) is 0 Å².